The van der Waals surface area contributed by atoms with Gasteiger partial charge in [0.25, 0.3) is 0 Å². The van der Waals surface area contributed by atoms with Crippen molar-refractivity contribution < 1.29 is 19.8 Å². The molecule has 0 radical (unpaired) electrons. The number of rotatable bonds is 4. The van der Waals surface area contributed by atoms with Crippen molar-refractivity contribution in [2.45, 2.75) is 12.8 Å². The highest BCUT2D eigenvalue weighted by Gasteiger charge is 2.26. The quantitative estimate of drug-likeness (QED) is 0.725. The van der Waals surface area contributed by atoms with Crippen LogP contribution in [0.4, 0.5) is 11.5 Å². The molecule has 0 atom stereocenters. The fourth-order valence-electron chi connectivity index (χ4n) is 2.78. The second-order valence-corrected chi connectivity index (χ2v) is 5.83. The molecule has 130 valence electrons. The fraction of sp³-hybridized carbons (Fsp3) is 0.294. The number of para-hydroxylation sites is 2. The standard InChI is InChI=1S/C17H18N4O4/c22-14-4-2-1-3-12(14)20-16(23)11-5-7-21(8-6-11)15-10-18-13(9-19-15)17(24)25/h1-4,9-11,22H,5-8H2,(H,20,23)(H,24,25). The summed E-state index contributed by atoms with van der Waals surface area (Å²) in [6.07, 6.45) is 3.95. The number of nitrogens with zero attached hydrogens (tertiary/aromatic N) is 3. The first-order valence-electron chi connectivity index (χ1n) is 7.94. The Morgan fingerprint density at radius 3 is 2.44 bits per heavy atom. The van der Waals surface area contributed by atoms with Gasteiger partial charge < -0.3 is 20.4 Å². The molecule has 0 spiro atoms. The molecular formula is C17H18N4O4. The fourth-order valence-corrected chi connectivity index (χ4v) is 2.78. The van der Waals surface area contributed by atoms with Crippen LogP contribution in [-0.2, 0) is 4.79 Å². The van der Waals surface area contributed by atoms with Crippen molar-refractivity contribution >= 4 is 23.4 Å². The molecule has 0 bridgehead atoms. The van der Waals surface area contributed by atoms with E-state index in [9.17, 15) is 14.7 Å². The number of aromatic nitrogens is 2. The molecule has 3 N–H and O–H groups in total. The lowest BCUT2D eigenvalue weighted by Gasteiger charge is -2.31. The number of amides is 1. The topological polar surface area (TPSA) is 116 Å². The largest absolute Gasteiger partial charge is 0.506 e. The van der Waals surface area contributed by atoms with E-state index < -0.39 is 5.97 Å². The Morgan fingerprint density at radius 1 is 1.12 bits per heavy atom. The van der Waals surface area contributed by atoms with E-state index in [2.05, 4.69) is 15.3 Å². The van der Waals surface area contributed by atoms with Gasteiger partial charge in [-0.05, 0) is 25.0 Å². The Bertz CT molecular complexity index is 770. The van der Waals surface area contributed by atoms with Crippen LogP contribution in [0.2, 0.25) is 0 Å². The number of phenols is 1. The maximum absolute atomic E-state index is 12.3. The van der Waals surface area contributed by atoms with Gasteiger partial charge in [0.15, 0.2) is 5.69 Å². The van der Waals surface area contributed by atoms with Gasteiger partial charge in [-0.3, -0.25) is 4.79 Å². The van der Waals surface area contributed by atoms with Gasteiger partial charge in [-0.15, -0.1) is 0 Å². The van der Waals surface area contributed by atoms with E-state index in [-0.39, 0.29) is 23.3 Å². The minimum absolute atomic E-state index is 0.0436. The zero-order valence-corrected chi connectivity index (χ0v) is 13.4. The van der Waals surface area contributed by atoms with Gasteiger partial charge in [-0.1, -0.05) is 12.1 Å². The van der Waals surface area contributed by atoms with Crippen molar-refractivity contribution in [3.8, 4) is 5.75 Å². The van der Waals surface area contributed by atoms with Gasteiger partial charge in [0.1, 0.15) is 11.6 Å². The van der Waals surface area contributed by atoms with E-state index in [0.29, 0.717) is 37.4 Å². The number of benzene rings is 1. The van der Waals surface area contributed by atoms with Crippen molar-refractivity contribution in [3.63, 3.8) is 0 Å². The van der Waals surface area contributed by atoms with Crippen LogP contribution in [0.15, 0.2) is 36.7 Å². The first-order chi connectivity index (χ1) is 12.0. The second kappa shape index (κ2) is 7.16. The number of hydrogen-bond acceptors (Lipinski definition) is 6. The third-order valence-corrected chi connectivity index (χ3v) is 4.21. The lowest BCUT2D eigenvalue weighted by Crippen LogP contribution is -2.38. The van der Waals surface area contributed by atoms with Crippen LogP contribution >= 0.6 is 0 Å². The molecule has 1 aliphatic heterocycles. The SMILES string of the molecule is O=C(O)c1cnc(N2CCC(C(=O)Nc3ccccc3O)CC2)cn1. The maximum Gasteiger partial charge on any atom is 0.356 e. The lowest BCUT2D eigenvalue weighted by molar-refractivity contribution is -0.120. The molecule has 1 fully saturated rings. The molecular weight excluding hydrogens is 324 g/mol. The molecule has 1 saturated heterocycles. The Balaban J connectivity index is 1.57. The summed E-state index contributed by atoms with van der Waals surface area (Å²) >= 11 is 0. The number of nitrogens with one attached hydrogen (secondary N) is 1. The zero-order valence-electron chi connectivity index (χ0n) is 13.4. The number of carboxylic acid groups (broad SMARTS) is 1. The predicted molar refractivity (Wildman–Crippen MR) is 90.7 cm³/mol. The van der Waals surface area contributed by atoms with E-state index >= 15 is 0 Å². The van der Waals surface area contributed by atoms with E-state index in [0.717, 1.165) is 0 Å². The van der Waals surface area contributed by atoms with E-state index in [1.165, 1.54) is 18.5 Å². The summed E-state index contributed by atoms with van der Waals surface area (Å²) in [5.41, 5.74) is 0.311. The summed E-state index contributed by atoms with van der Waals surface area (Å²) in [6.45, 7) is 1.25. The molecule has 1 aromatic heterocycles. The minimum atomic E-state index is -1.11. The third kappa shape index (κ3) is 3.85. The van der Waals surface area contributed by atoms with E-state index in [4.69, 9.17) is 5.11 Å². The predicted octanol–water partition coefficient (Wildman–Crippen LogP) is 1.74. The summed E-state index contributed by atoms with van der Waals surface area (Å²) in [5, 5.41) is 21.3. The number of carbonyl (C=O) groups is 2. The molecule has 8 heteroatoms. The van der Waals surface area contributed by atoms with Crippen molar-refractivity contribution in [1.29, 1.82) is 0 Å². The minimum Gasteiger partial charge on any atom is -0.506 e. The summed E-state index contributed by atoms with van der Waals surface area (Å²) < 4.78 is 0. The highest BCUT2D eigenvalue weighted by Crippen LogP contribution is 2.26. The Morgan fingerprint density at radius 2 is 1.84 bits per heavy atom. The molecule has 25 heavy (non-hydrogen) atoms. The normalized spacial score (nSPS) is 15.0. The van der Waals surface area contributed by atoms with Crippen molar-refractivity contribution in [1.82, 2.24) is 9.97 Å². The molecule has 0 saturated carbocycles. The van der Waals surface area contributed by atoms with Crippen molar-refractivity contribution in [2.24, 2.45) is 5.92 Å². The highest BCUT2D eigenvalue weighted by atomic mass is 16.4. The monoisotopic (exact) mass is 342 g/mol. The van der Waals surface area contributed by atoms with Gasteiger partial charge in [0, 0.05) is 19.0 Å². The lowest BCUT2D eigenvalue weighted by atomic mass is 9.96. The number of piperidine rings is 1. The van der Waals surface area contributed by atoms with Crippen LogP contribution in [0, 0.1) is 5.92 Å². The molecule has 2 aromatic rings. The molecule has 8 nitrogen and oxygen atoms in total. The van der Waals surface area contributed by atoms with Crippen molar-refractivity contribution in [2.75, 3.05) is 23.3 Å². The number of phenolic OH excluding ortho intramolecular Hbond substituents is 1. The number of aromatic carboxylic acids is 1. The molecule has 1 aromatic carbocycles. The first-order valence-corrected chi connectivity index (χ1v) is 7.94. The molecule has 0 aliphatic carbocycles. The number of carbonyl (C=O) groups excluding carboxylic acids is 1. The Labute approximate surface area is 144 Å². The average molecular weight is 342 g/mol. The summed E-state index contributed by atoms with van der Waals surface area (Å²) in [6, 6.07) is 6.62. The van der Waals surface area contributed by atoms with Crippen LogP contribution in [-0.4, -0.2) is 45.1 Å². The van der Waals surface area contributed by atoms with Gasteiger partial charge >= 0.3 is 5.97 Å². The third-order valence-electron chi connectivity index (χ3n) is 4.21. The summed E-state index contributed by atoms with van der Waals surface area (Å²) in [4.78, 5) is 33.1. The molecule has 0 unspecified atom stereocenters. The summed E-state index contributed by atoms with van der Waals surface area (Å²) in [5.74, 6) is -0.735. The first kappa shape index (κ1) is 16.7. The van der Waals surface area contributed by atoms with Crippen LogP contribution in [0.5, 0.6) is 5.75 Å². The van der Waals surface area contributed by atoms with Crippen LogP contribution in [0.3, 0.4) is 0 Å². The van der Waals surface area contributed by atoms with Crippen LogP contribution in [0.25, 0.3) is 0 Å². The number of hydrogen-bond donors (Lipinski definition) is 3. The van der Waals surface area contributed by atoms with E-state index in [1.54, 1.807) is 18.2 Å². The molecule has 1 amide bonds. The molecule has 2 heterocycles. The number of carboxylic acids is 1. The van der Waals surface area contributed by atoms with Gasteiger partial charge in [0.05, 0.1) is 18.1 Å². The highest BCUT2D eigenvalue weighted by molar-refractivity contribution is 5.94. The van der Waals surface area contributed by atoms with Gasteiger partial charge in [-0.25, -0.2) is 14.8 Å². The maximum atomic E-state index is 12.3. The zero-order chi connectivity index (χ0) is 17.8. The van der Waals surface area contributed by atoms with Crippen molar-refractivity contribution in [3.05, 3.63) is 42.4 Å². The van der Waals surface area contributed by atoms with E-state index in [1.807, 2.05) is 4.90 Å². The number of aromatic hydroxyl groups is 1. The van der Waals surface area contributed by atoms with Crippen LogP contribution in [0.1, 0.15) is 23.3 Å². The van der Waals surface area contributed by atoms with Crippen LogP contribution < -0.4 is 10.2 Å². The average Bonchev–Trinajstić information content (AvgIpc) is 2.64. The molecule has 3 rings (SSSR count). The smallest absolute Gasteiger partial charge is 0.356 e. The van der Waals surface area contributed by atoms with Gasteiger partial charge in [0.2, 0.25) is 5.91 Å². The summed E-state index contributed by atoms with van der Waals surface area (Å²) in [7, 11) is 0. The van der Waals surface area contributed by atoms with Gasteiger partial charge in [-0.2, -0.15) is 0 Å². The second-order valence-electron chi connectivity index (χ2n) is 5.83. The Kier molecular flexibility index (Phi) is 4.78. The molecule has 1 aliphatic rings. The number of anilines is 2. The Hall–Kier alpha value is -3.16.